The van der Waals surface area contributed by atoms with E-state index in [1.54, 1.807) is 10.6 Å². The van der Waals surface area contributed by atoms with Crippen molar-refractivity contribution in [2.45, 2.75) is 75.7 Å². The molecule has 2 unspecified atom stereocenters. The molecule has 0 aliphatic heterocycles. The van der Waals surface area contributed by atoms with E-state index in [-0.39, 0.29) is 7.25 Å². The van der Waals surface area contributed by atoms with Gasteiger partial charge in [0.05, 0.1) is 0 Å². The third-order valence-corrected chi connectivity index (χ3v) is 77.9. The molecule has 2 atom stereocenters. The van der Waals surface area contributed by atoms with Gasteiger partial charge in [-0.25, -0.2) is 0 Å². The fourth-order valence-corrected chi connectivity index (χ4v) is 50.9. The molecule has 6 rings (SSSR count). The molecular weight excluding hydrogens is 805 g/mol. The van der Waals surface area contributed by atoms with Crippen LogP contribution in [0.1, 0.15) is 84.9 Å². The summed E-state index contributed by atoms with van der Waals surface area (Å²) in [5.74, 6) is -1.61. The SMILES string of the molecule is CC[PH](CC)(CC)c1cccc(-c2cccc3c2C=C(C)[CH]3[Zr]([Cl])([Cl])([CH]2C(C)=Cc3c(-c4cccc([PH](CC)(CC)CC)c4)cccc32)[SiH](C)C)c1. The number of halogens is 2. The number of rotatable bonds is 13. The third-order valence-electron chi connectivity index (χ3n) is 14.4. The van der Waals surface area contributed by atoms with Gasteiger partial charge in [0.1, 0.15) is 0 Å². The molecule has 0 fully saturated rings. The van der Waals surface area contributed by atoms with Gasteiger partial charge < -0.3 is 0 Å². The second-order valence-corrected chi connectivity index (χ2v) is 69.5. The summed E-state index contributed by atoms with van der Waals surface area (Å²) in [4.78, 5) is 0. The summed E-state index contributed by atoms with van der Waals surface area (Å²) in [6, 6.07) is 33.1. The summed E-state index contributed by atoms with van der Waals surface area (Å²) in [6.07, 6.45) is 12.6. The Labute approximate surface area is 326 Å². The molecule has 0 saturated heterocycles. The van der Waals surface area contributed by atoms with E-state index < -0.39 is 36.0 Å². The van der Waals surface area contributed by atoms with Crippen LogP contribution in [0, 0.1) is 0 Å². The van der Waals surface area contributed by atoms with E-state index >= 15 is 0 Å². The zero-order chi connectivity index (χ0) is 37.7. The molecule has 279 valence electrons. The summed E-state index contributed by atoms with van der Waals surface area (Å²) >= 11 is -4.78. The first-order valence-corrected chi connectivity index (χ1v) is 41.8. The van der Waals surface area contributed by atoms with Crippen LogP contribution in [-0.4, -0.2) is 42.9 Å². The Morgan fingerprint density at radius 1 is 0.538 bits per heavy atom. The Bertz CT molecular complexity index is 1880. The number of benzene rings is 4. The van der Waals surface area contributed by atoms with Crippen molar-refractivity contribution < 1.29 is 15.6 Å². The topological polar surface area (TPSA) is 0 Å². The van der Waals surface area contributed by atoms with Crippen LogP contribution in [-0.2, 0) is 15.6 Å². The van der Waals surface area contributed by atoms with Gasteiger partial charge in [0.2, 0.25) is 0 Å². The van der Waals surface area contributed by atoms with Crippen molar-refractivity contribution in [1.29, 1.82) is 0 Å². The minimum atomic E-state index is -4.78. The molecule has 0 nitrogen and oxygen atoms in total. The van der Waals surface area contributed by atoms with Crippen molar-refractivity contribution >= 4 is 60.2 Å². The molecule has 0 amide bonds. The van der Waals surface area contributed by atoms with Gasteiger partial charge >= 0.3 is 329 Å². The summed E-state index contributed by atoms with van der Waals surface area (Å²) in [5, 5.41) is 3.19. The van der Waals surface area contributed by atoms with Gasteiger partial charge in [-0.2, -0.15) is 0 Å². The molecule has 2 aliphatic carbocycles. The van der Waals surface area contributed by atoms with Crippen LogP contribution in [0.25, 0.3) is 34.4 Å². The van der Waals surface area contributed by atoms with Gasteiger partial charge in [-0.15, -0.1) is 0 Å². The summed E-state index contributed by atoms with van der Waals surface area (Å²) in [6.45, 7) is 24.0. The molecule has 0 radical (unpaired) electrons. The average Bonchev–Trinajstić information content (AvgIpc) is 3.70. The van der Waals surface area contributed by atoms with Crippen LogP contribution in [0.15, 0.2) is 96.1 Å². The van der Waals surface area contributed by atoms with Gasteiger partial charge in [-0.3, -0.25) is 0 Å². The van der Waals surface area contributed by atoms with E-state index in [9.17, 15) is 0 Å². The molecule has 6 heteroatoms. The molecule has 4 aromatic rings. The van der Waals surface area contributed by atoms with Crippen molar-refractivity contribution in [3.63, 3.8) is 0 Å². The van der Waals surface area contributed by atoms with Crippen LogP contribution in [0.4, 0.5) is 0 Å². The number of hydrogen-bond donors (Lipinski definition) is 0. The molecule has 52 heavy (non-hydrogen) atoms. The van der Waals surface area contributed by atoms with E-state index in [1.807, 2.05) is 0 Å². The molecule has 4 aromatic carbocycles. The fourth-order valence-electron chi connectivity index (χ4n) is 10.7. The minimum absolute atomic E-state index is 0.0986. The monoisotopic (exact) mass is 865 g/mol. The van der Waals surface area contributed by atoms with Gasteiger partial charge in [0.15, 0.2) is 0 Å². The van der Waals surface area contributed by atoms with E-state index in [0.717, 1.165) is 0 Å². The molecule has 0 spiro atoms. The van der Waals surface area contributed by atoms with Crippen LogP contribution in [0.5, 0.6) is 0 Å². The van der Waals surface area contributed by atoms with Gasteiger partial charge in [-0.1, -0.05) is 0 Å². The first-order chi connectivity index (χ1) is 24.8. The van der Waals surface area contributed by atoms with E-state index in [2.05, 4.69) is 166 Å². The van der Waals surface area contributed by atoms with Gasteiger partial charge in [-0.05, 0) is 0 Å². The van der Waals surface area contributed by atoms with Crippen LogP contribution in [0.3, 0.4) is 0 Å². The maximum absolute atomic E-state index is 8.63. The molecule has 0 saturated carbocycles. The summed E-state index contributed by atoms with van der Waals surface area (Å²) < 4.78 is 0.197. The van der Waals surface area contributed by atoms with Crippen molar-refractivity contribution in [2.24, 2.45) is 0 Å². The number of allylic oxidation sites excluding steroid dienone is 2. The number of fused-ring (bicyclic) bond motifs is 2. The van der Waals surface area contributed by atoms with E-state index in [0.29, 0.717) is 0 Å². The molecular formula is C46H63Cl2P2SiZr. The molecule has 2 aliphatic rings. The second-order valence-electron chi connectivity index (χ2n) is 16.5. The summed E-state index contributed by atoms with van der Waals surface area (Å²) in [7, 11) is 14.2. The first kappa shape index (κ1) is 40.6. The third kappa shape index (κ3) is 6.35. The van der Waals surface area contributed by atoms with Gasteiger partial charge in [0, 0.05) is 0 Å². The quantitative estimate of drug-likeness (QED) is 0.0928. The molecule has 0 bridgehead atoms. The van der Waals surface area contributed by atoms with Crippen LogP contribution >= 0.6 is 31.6 Å². The predicted molar refractivity (Wildman–Crippen MR) is 246 cm³/mol. The van der Waals surface area contributed by atoms with E-state index in [4.69, 9.17) is 17.0 Å². The summed E-state index contributed by atoms with van der Waals surface area (Å²) in [5.41, 5.74) is 13.5. The Hall–Kier alpha value is -1.10. The van der Waals surface area contributed by atoms with Crippen molar-refractivity contribution in [3.8, 4) is 22.3 Å². The Morgan fingerprint density at radius 2 is 0.885 bits per heavy atom. The normalized spacial score (nSPS) is 18.8. The zero-order valence-electron chi connectivity index (χ0n) is 33.5. The van der Waals surface area contributed by atoms with Crippen LogP contribution in [0.2, 0.25) is 13.1 Å². The maximum atomic E-state index is 8.63. The average molecular weight is 868 g/mol. The van der Waals surface area contributed by atoms with Crippen molar-refractivity contribution in [2.75, 3.05) is 37.0 Å². The Balaban J connectivity index is 1.49. The number of hydrogen-bond acceptors (Lipinski definition) is 0. The van der Waals surface area contributed by atoms with Crippen molar-refractivity contribution in [3.05, 3.63) is 118 Å². The Kier molecular flexibility index (Phi) is 12.0. The molecule has 0 heterocycles. The zero-order valence-corrected chi connectivity index (χ0v) is 40.6. The molecule has 0 N–H and O–H groups in total. The second kappa shape index (κ2) is 15.4. The van der Waals surface area contributed by atoms with Crippen LogP contribution < -0.4 is 10.6 Å². The first-order valence-electron chi connectivity index (χ1n) is 20.2. The standard InChI is InChI=1S/2C22H28P.C2H7Si.2ClH.Zr/c2*1-5-23(6-2,7-3)20-12-8-10-19(16-20)21-13-9-11-18-14-17(4)15-22(18)21;1-3-2;;;/h2*8-16,23H,5-7H2,1-4H3;3H,1-2H3;2*1H;/q;;;;;+2/p-2. The van der Waals surface area contributed by atoms with Gasteiger partial charge in [0.25, 0.3) is 0 Å². The fraction of sp³-hybridized carbons (Fsp3) is 0.391. The van der Waals surface area contributed by atoms with E-state index in [1.165, 1.54) is 92.6 Å². The van der Waals surface area contributed by atoms with Crippen molar-refractivity contribution in [1.82, 2.24) is 0 Å². The Morgan fingerprint density at radius 3 is 1.21 bits per heavy atom. The predicted octanol–water partition coefficient (Wildman–Crippen LogP) is 13.5. The molecule has 0 aromatic heterocycles.